The van der Waals surface area contributed by atoms with Gasteiger partial charge in [0.05, 0.1) is 25.0 Å². The number of nitrogens with zero attached hydrogens (tertiary/aromatic N) is 6. The number of aryl methyl sites for hydroxylation is 3. The highest BCUT2D eigenvalue weighted by molar-refractivity contribution is 5.83. The van der Waals surface area contributed by atoms with Gasteiger partial charge in [-0.05, 0) is 52.8 Å². The summed E-state index contributed by atoms with van der Waals surface area (Å²) >= 11 is 0. The first kappa shape index (κ1) is 22.5. The Morgan fingerprint density at radius 3 is 2.56 bits per heavy atom. The summed E-state index contributed by atoms with van der Waals surface area (Å²) in [5.74, 6) is 1.20. The number of fused-ring (bicyclic) bond motifs is 1. The van der Waals surface area contributed by atoms with E-state index < -0.39 is 0 Å². The Hall–Kier alpha value is -2.71. The van der Waals surface area contributed by atoms with Gasteiger partial charge in [0, 0.05) is 55.1 Å². The van der Waals surface area contributed by atoms with Gasteiger partial charge in [-0.1, -0.05) is 0 Å². The molecule has 2 N–H and O–H groups in total. The van der Waals surface area contributed by atoms with E-state index in [0.717, 1.165) is 84.9 Å². The minimum absolute atomic E-state index is 0.310. The lowest BCUT2D eigenvalue weighted by Crippen LogP contribution is -2.44. The molecule has 4 rings (SSSR count). The predicted molar refractivity (Wildman–Crippen MR) is 128 cm³/mol. The topological polar surface area (TPSA) is 85.3 Å². The molecule has 3 aromatic heterocycles. The van der Waals surface area contributed by atoms with E-state index in [9.17, 15) is 0 Å². The van der Waals surface area contributed by atoms with Crippen molar-refractivity contribution < 1.29 is 4.74 Å². The third-order valence-corrected chi connectivity index (χ3v) is 6.58. The minimum Gasteiger partial charge on any atom is -0.496 e. The lowest BCUT2D eigenvalue weighted by atomic mass is 10.1. The van der Waals surface area contributed by atoms with Crippen LogP contribution in [0.4, 0.5) is 5.95 Å². The Morgan fingerprint density at radius 1 is 1.09 bits per heavy atom. The van der Waals surface area contributed by atoms with Crippen molar-refractivity contribution in [1.29, 1.82) is 0 Å². The van der Waals surface area contributed by atoms with Crippen LogP contribution in [-0.2, 0) is 13.0 Å². The number of rotatable bonds is 7. The molecule has 1 aliphatic rings. The molecule has 0 saturated carbocycles. The Labute approximate surface area is 190 Å². The Bertz CT molecular complexity index is 1100. The fourth-order valence-corrected chi connectivity index (χ4v) is 4.74. The average Bonchev–Trinajstić information content (AvgIpc) is 3.09. The molecule has 1 saturated heterocycles. The molecule has 8 heteroatoms. The summed E-state index contributed by atoms with van der Waals surface area (Å²) in [5.41, 5.74) is 12.2. The van der Waals surface area contributed by atoms with Crippen molar-refractivity contribution in [2.45, 2.75) is 40.2 Å². The van der Waals surface area contributed by atoms with Crippen LogP contribution in [-0.4, -0.2) is 76.2 Å². The third-order valence-electron chi connectivity index (χ3n) is 6.58. The number of nitrogens with two attached hydrogens (primary N) is 1. The molecule has 172 valence electrons. The number of ether oxygens (including phenoxy) is 1. The molecule has 0 unspecified atom stereocenters. The van der Waals surface area contributed by atoms with Gasteiger partial charge in [0.15, 0.2) is 0 Å². The van der Waals surface area contributed by atoms with Gasteiger partial charge in [0.2, 0.25) is 5.95 Å². The number of hydrogen-bond donors (Lipinski definition) is 1. The smallest absolute Gasteiger partial charge is 0.222 e. The van der Waals surface area contributed by atoms with Crippen molar-refractivity contribution in [3.05, 3.63) is 40.5 Å². The first-order chi connectivity index (χ1) is 15.4. The first-order valence-electron chi connectivity index (χ1n) is 11.4. The molecule has 0 spiro atoms. The van der Waals surface area contributed by atoms with E-state index in [2.05, 4.69) is 49.5 Å². The van der Waals surface area contributed by atoms with Gasteiger partial charge in [-0.3, -0.25) is 4.98 Å². The number of nitrogen functional groups attached to an aromatic ring is 1. The van der Waals surface area contributed by atoms with Crippen LogP contribution in [0.2, 0.25) is 0 Å². The fraction of sp³-hybridized carbons (Fsp3) is 0.542. The monoisotopic (exact) mass is 437 g/mol. The molecule has 3 aromatic rings. The second-order valence-corrected chi connectivity index (χ2v) is 8.94. The molecule has 0 atom stereocenters. The molecular formula is C24H35N7O. The summed E-state index contributed by atoms with van der Waals surface area (Å²) in [6, 6.07) is 0. The van der Waals surface area contributed by atoms with E-state index in [0.29, 0.717) is 12.5 Å². The second kappa shape index (κ2) is 9.42. The van der Waals surface area contributed by atoms with E-state index in [1.165, 1.54) is 5.56 Å². The summed E-state index contributed by atoms with van der Waals surface area (Å²) in [7, 11) is 3.90. The number of aromatic nitrogens is 4. The Kier molecular flexibility index (Phi) is 6.62. The van der Waals surface area contributed by atoms with Crippen molar-refractivity contribution in [2.75, 3.05) is 52.6 Å². The normalized spacial score (nSPS) is 15.5. The lowest BCUT2D eigenvalue weighted by Gasteiger charge is -2.32. The lowest BCUT2D eigenvalue weighted by molar-refractivity contribution is 0.153. The highest BCUT2D eigenvalue weighted by Crippen LogP contribution is 2.28. The summed E-state index contributed by atoms with van der Waals surface area (Å²) in [5, 5.41) is 1.12. The van der Waals surface area contributed by atoms with E-state index in [1.807, 2.05) is 20.0 Å². The van der Waals surface area contributed by atoms with Crippen LogP contribution < -0.4 is 10.5 Å². The zero-order valence-corrected chi connectivity index (χ0v) is 20.0. The number of pyridine rings is 1. The summed E-state index contributed by atoms with van der Waals surface area (Å²) in [4.78, 5) is 18.7. The van der Waals surface area contributed by atoms with Crippen molar-refractivity contribution in [3.8, 4) is 5.75 Å². The predicted octanol–water partition coefficient (Wildman–Crippen LogP) is 2.57. The Balaban J connectivity index is 1.60. The molecule has 0 radical (unpaired) electrons. The number of likely N-dealkylation sites (N-methyl/N-ethyl adjacent to an activating group) is 1. The first-order valence-corrected chi connectivity index (χ1v) is 11.4. The molecule has 1 fully saturated rings. The standard InChI is InChI=1S/C24H35N7O/c1-16-13-26-20(17(2)22(16)32-5)15-31-14-19(21-18(3)27-24(25)28-23(21)31)7-6-8-30-11-9-29(4)10-12-30/h13-14H,6-12,15H2,1-5H3,(H2,25,27,28). The molecule has 0 amide bonds. The van der Waals surface area contributed by atoms with Crippen LogP contribution in [0.3, 0.4) is 0 Å². The van der Waals surface area contributed by atoms with E-state index in [1.54, 1.807) is 7.11 Å². The van der Waals surface area contributed by atoms with Gasteiger partial charge in [0.25, 0.3) is 0 Å². The number of anilines is 1. The zero-order chi connectivity index (χ0) is 22.8. The van der Waals surface area contributed by atoms with Gasteiger partial charge in [-0.2, -0.15) is 4.98 Å². The third kappa shape index (κ3) is 4.56. The van der Waals surface area contributed by atoms with E-state index >= 15 is 0 Å². The summed E-state index contributed by atoms with van der Waals surface area (Å²) < 4.78 is 7.76. The minimum atomic E-state index is 0.310. The largest absolute Gasteiger partial charge is 0.496 e. The molecule has 1 aliphatic heterocycles. The van der Waals surface area contributed by atoms with Crippen molar-refractivity contribution in [1.82, 2.24) is 29.3 Å². The molecule has 0 aliphatic carbocycles. The molecule has 32 heavy (non-hydrogen) atoms. The van der Waals surface area contributed by atoms with Crippen molar-refractivity contribution >= 4 is 17.0 Å². The van der Waals surface area contributed by atoms with Crippen LogP contribution in [0.5, 0.6) is 5.75 Å². The molecule has 4 heterocycles. The van der Waals surface area contributed by atoms with Gasteiger partial charge in [-0.25, -0.2) is 4.98 Å². The van der Waals surface area contributed by atoms with E-state index in [4.69, 9.17) is 10.5 Å². The van der Waals surface area contributed by atoms with Crippen LogP contribution >= 0.6 is 0 Å². The summed E-state index contributed by atoms with van der Waals surface area (Å²) in [6.07, 6.45) is 6.19. The number of methoxy groups -OCH3 is 1. The summed E-state index contributed by atoms with van der Waals surface area (Å²) in [6.45, 7) is 12.4. The maximum Gasteiger partial charge on any atom is 0.222 e. The van der Waals surface area contributed by atoms with Gasteiger partial charge in [-0.15, -0.1) is 0 Å². The maximum absolute atomic E-state index is 6.02. The van der Waals surface area contributed by atoms with Gasteiger partial charge < -0.3 is 24.8 Å². The second-order valence-electron chi connectivity index (χ2n) is 8.94. The molecule has 0 aromatic carbocycles. The van der Waals surface area contributed by atoms with Crippen LogP contribution in [0.1, 0.15) is 34.5 Å². The van der Waals surface area contributed by atoms with Gasteiger partial charge in [0.1, 0.15) is 11.4 Å². The fourth-order valence-electron chi connectivity index (χ4n) is 4.74. The van der Waals surface area contributed by atoms with Crippen LogP contribution in [0.15, 0.2) is 12.4 Å². The molecular weight excluding hydrogens is 402 g/mol. The SMILES string of the molecule is COc1c(C)cnc(Cn2cc(CCCN3CCN(C)CC3)c3c(C)nc(N)nc32)c1C. The maximum atomic E-state index is 6.02. The van der Waals surface area contributed by atoms with Crippen molar-refractivity contribution in [3.63, 3.8) is 0 Å². The highest BCUT2D eigenvalue weighted by atomic mass is 16.5. The molecule has 8 nitrogen and oxygen atoms in total. The quantitative estimate of drug-likeness (QED) is 0.608. The number of piperazine rings is 1. The zero-order valence-electron chi connectivity index (χ0n) is 20.0. The average molecular weight is 438 g/mol. The number of hydrogen-bond acceptors (Lipinski definition) is 7. The molecule has 0 bridgehead atoms. The Morgan fingerprint density at radius 2 is 1.84 bits per heavy atom. The van der Waals surface area contributed by atoms with Crippen LogP contribution in [0, 0.1) is 20.8 Å². The highest BCUT2D eigenvalue weighted by Gasteiger charge is 2.18. The van der Waals surface area contributed by atoms with E-state index in [-0.39, 0.29) is 0 Å². The van der Waals surface area contributed by atoms with Crippen molar-refractivity contribution in [2.24, 2.45) is 0 Å². The van der Waals surface area contributed by atoms with Crippen LogP contribution in [0.25, 0.3) is 11.0 Å². The van der Waals surface area contributed by atoms with Gasteiger partial charge >= 0.3 is 0 Å².